The Hall–Kier alpha value is -4.39. The van der Waals surface area contributed by atoms with E-state index in [1.807, 2.05) is 94.4 Å². The van der Waals surface area contributed by atoms with E-state index >= 15 is 13.2 Å². The highest BCUT2D eigenvalue weighted by molar-refractivity contribution is 8.14. The van der Waals surface area contributed by atoms with E-state index in [4.69, 9.17) is 32.4 Å². The largest absolute Gasteiger partial charge is 0.496 e. The number of rotatable bonds is 13. The van der Waals surface area contributed by atoms with Crippen LogP contribution in [0.15, 0.2) is 108 Å². The van der Waals surface area contributed by atoms with Gasteiger partial charge in [-0.25, -0.2) is 0 Å². The monoisotopic (exact) mass is 889 g/mol. The molecule has 0 bridgehead atoms. The van der Waals surface area contributed by atoms with Crippen molar-refractivity contribution in [1.82, 2.24) is 14.8 Å². The van der Waals surface area contributed by atoms with Crippen LogP contribution in [0.2, 0.25) is 15.1 Å². The summed E-state index contributed by atoms with van der Waals surface area (Å²) in [7, 11) is -1.34. The molecule has 1 aromatic heterocycles. The van der Waals surface area contributed by atoms with Crippen LogP contribution in [0, 0.1) is 27.7 Å². The quantitative estimate of drug-likeness (QED) is 0.0654. The van der Waals surface area contributed by atoms with Gasteiger partial charge in [0, 0.05) is 18.1 Å². The fourth-order valence-electron chi connectivity index (χ4n) is 8.16. The summed E-state index contributed by atoms with van der Waals surface area (Å²) in [6.45, 7) is 14.5. The first kappa shape index (κ1) is 45.1. The summed E-state index contributed by atoms with van der Waals surface area (Å²) in [5.41, 5.74) is 3.14. The summed E-state index contributed by atoms with van der Waals surface area (Å²) < 4.78 is 59.4. The minimum absolute atomic E-state index is 0.0501. The molecule has 5 aromatic carbocycles. The Morgan fingerprint density at radius 1 is 0.800 bits per heavy atom. The zero-order valence-corrected chi connectivity index (χ0v) is 38.2. The van der Waals surface area contributed by atoms with Crippen molar-refractivity contribution in [2.75, 3.05) is 13.7 Å². The van der Waals surface area contributed by atoms with Crippen LogP contribution in [0.3, 0.4) is 0 Å². The van der Waals surface area contributed by atoms with Crippen LogP contribution < -0.4 is 15.1 Å². The summed E-state index contributed by atoms with van der Waals surface area (Å²) in [5.74, 6) is 0.147. The molecule has 0 fully saturated rings. The first-order valence-corrected chi connectivity index (χ1v) is 23.1. The number of aromatic nitrogens is 3. The Labute approximate surface area is 365 Å². The highest BCUT2D eigenvalue weighted by Gasteiger charge is 2.50. The second kappa shape index (κ2) is 18.3. The van der Waals surface area contributed by atoms with E-state index in [0.29, 0.717) is 30.8 Å². The van der Waals surface area contributed by atoms with Gasteiger partial charge in [0.15, 0.2) is 0 Å². The summed E-state index contributed by atoms with van der Waals surface area (Å²) >= 11 is 13.5. The maximum atomic E-state index is 15.0. The van der Waals surface area contributed by atoms with E-state index in [1.165, 1.54) is 4.57 Å². The lowest BCUT2D eigenvalue weighted by Crippen LogP contribution is -2.66. The first-order valence-electron chi connectivity index (χ1n) is 19.6. The van der Waals surface area contributed by atoms with Gasteiger partial charge in [0.2, 0.25) is 10.3 Å². The van der Waals surface area contributed by atoms with Crippen molar-refractivity contribution in [3.63, 3.8) is 0 Å². The van der Waals surface area contributed by atoms with Crippen molar-refractivity contribution in [3.8, 4) is 11.4 Å². The number of carbonyl (C=O) groups is 1. The number of carbonyl (C=O) groups excluding carboxylic acids is 1. The number of nitrogens with zero attached hydrogens (tertiary/aromatic N) is 3. The average Bonchev–Trinajstić information content (AvgIpc) is 3.59. The molecule has 60 heavy (non-hydrogen) atoms. The Morgan fingerprint density at radius 2 is 1.38 bits per heavy atom. The molecule has 0 aliphatic rings. The fraction of sp³-hybridized carbons (Fsp3) is 0.298. The number of methoxy groups -OCH3 is 1. The van der Waals surface area contributed by atoms with Gasteiger partial charge in [-0.05, 0) is 108 Å². The lowest BCUT2D eigenvalue weighted by molar-refractivity contribution is -0.137. The molecule has 0 saturated carbocycles. The number of aryl methyl sites for hydroxylation is 4. The van der Waals surface area contributed by atoms with Crippen molar-refractivity contribution < 1.29 is 27.1 Å². The van der Waals surface area contributed by atoms with Gasteiger partial charge in [-0.2, -0.15) is 13.2 Å². The smallest absolute Gasteiger partial charge is 0.418 e. The number of alkyl halides is 3. The van der Waals surface area contributed by atoms with E-state index in [2.05, 4.69) is 55.2 Å². The molecule has 6 aromatic rings. The minimum Gasteiger partial charge on any atom is -0.496 e. The summed E-state index contributed by atoms with van der Waals surface area (Å²) in [6.07, 6.45) is -3.97. The van der Waals surface area contributed by atoms with Gasteiger partial charge in [-0.1, -0.05) is 134 Å². The lowest BCUT2D eigenvalue weighted by Gasteiger charge is -2.43. The van der Waals surface area contributed by atoms with Crippen LogP contribution >= 0.6 is 35.0 Å². The minimum atomic E-state index is -4.85. The van der Waals surface area contributed by atoms with Crippen LogP contribution in [0.5, 0.6) is 5.75 Å². The molecule has 0 aliphatic heterocycles. The Kier molecular flexibility index (Phi) is 13.8. The molecule has 0 amide bonds. The SMILES string of the molecule is COc1cc(C(CCCO[Si](c2ccccc2)(c2ccccc2)C(C)(C)C)c2nnc(SC(=O)c3c(C)cc(C)cc3C)n2-c2cc(Cl)c(Cl)cc2C(F)(F)F)ccc1C. The normalized spacial score (nSPS) is 12.8. The van der Waals surface area contributed by atoms with Crippen molar-refractivity contribution in [2.24, 2.45) is 0 Å². The number of halogens is 5. The maximum absolute atomic E-state index is 15.0. The molecule has 1 unspecified atom stereocenters. The number of benzene rings is 5. The third kappa shape index (κ3) is 9.26. The predicted octanol–water partition coefficient (Wildman–Crippen LogP) is 12.3. The fourth-order valence-corrected chi connectivity index (χ4v) is 14.0. The number of ether oxygens (including phenoxy) is 1. The van der Waals surface area contributed by atoms with E-state index in [1.54, 1.807) is 7.11 Å². The van der Waals surface area contributed by atoms with E-state index in [9.17, 15) is 4.79 Å². The number of hydrogen-bond donors (Lipinski definition) is 0. The molecule has 314 valence electrons. The van der Waals surface area contributed by atoms with E-state index in [0.717, 1.165) is 62.1 Å². The van der Waals surface area contributed by atoms with Crippen molar-refractivity contribution in [3.05, 3.63) is 158 Å². The van der Waals surface area contributed by atoms with Crippen molar-refractivity contribution in [1.29, 1.82) is 0 Å². The molecule has 13 heteroatoms. The second-order valence-corrected chi connectivity index (χ2v) is 22.1. The van der Waals surface area contributed by atoms with Gasteiger partial charge >= 0.3 is 6.18 Å². The Balaban J connectivity index is 1.50. The van der Waals surface area contributed by atoms with Gasteiger partial charge in [0.25, 0.3) is 8.32 Å². The predicted molar refractivity (Wildman–Crippen MR) is 240 cm³/mol. The molecule has 0 spiro atoms. The molecule has 6 rings (SSSR count). The third-order valence-corrected chi connectivity index (χ3v) is 17.4. The maximum Gasteiger partial charge on any atom is 0.418 e. The van der Waals surface area contributed by atoms with Crippen LogP contribution in [-0.2, 0) is 10.6 Å². The van der Waals surface area contributed by atoms with Crippen LogP contribution in [0.1, 0.15) is 89.1 Å². The molecule has 0 aliphatic carbocycles. The van der Waals surface area contributed by atoms with Crippen LogP contribution in [0.25, 0.3) is 5.69 Å². The van der Waals surface area contributed by atoms with Gasteiger partial charge in [-0.15, -0.1) is 10.2 Å². The highest BCUT2D eigenvalue weighted by atomic mass is 35.5. The zero-order valence-electron chi connectivity index (χ0n) is 34.9. The molecule has 0 radical (unpaired) electrons. The second-order valence-electron chi connectivity index (χ2n) is 16.1. The van der Waals surface area contributed by atoms with E-state index < -0.39 is 26.0 Å². The molecular formula is C47H48Cl2F3N3O3SSi. The van der Waals surface area contributed by atoms with Gasteiger partial charge in [0.05, 0.1) is 28.4 Å². The van der Waals surface area contributed by atoms with Crippen LogP contribution in [-0.4, -0.2) is 41.9 Å². The van der Waals surface area contributed by atoms with Gasteiger partial charge in [0.1, 0.15) is 11.6 Å². The van der Waals surface area contributed by atoms with Crippen LogP contribution in [0.4, 0.5) is 13.2 Å². The van der Waals surface area contributed by atoms with Gasteiger partial charge in [-0.3, -0.25) is 9.36 Å². The third-order valence-electron chi connectivity index (χ3n) is 10.8. The van der Waals surface area contributed by atoms with E-state index in [-0.39, 0.29) is 36.9 Å². The highest BCUT2D eigenvalue weighted by Crippen LogP contribution is 2.43. The average molecular weight is 891 g/mol. The van der Waals surface area contributed by atoms with Crippen molar-refractivity contribution >= 4 is 58.8 Å². The molecule has 6 nitrogen and oxygen atoms in total. The summed E-state index contributed by atoms with van der Waals surface area (Å²) in [5, 5.41) is 10.3. The Morgan fingerprint density at radius 3 is 1.93 bits per heavy atom. The molecule has 1 atom stereocenters. The number of hydrogen-bond acceptors (Lipinski definition) is 6. The standard InChI is InChI=1S/C47H48Cl2F3N3O3SSi/c1-29-24-31(3)42(32(4)25-29)44(56)59-45-54-53-43(55(45)40-28-39(49)38(48)27-37(40)47(50,51)52)36(33-22-21-30(2)41(26-33)57-8)20-15-23-58-60(46(5,6)7,34-16-11-9-12-17-34)35-18-13-10-14-19-35/h9-14,16-19,21-22,24-28,36H,15,20,23H2,1-8H3. The molecule has 0 saturated heterocycles. The lowest BCUT2D eigenvalue weighted by atomic mass is 9.92. The first-order chi connectivity index (χ1) is 28.4. The molecule has 0 N–H and O–H groups in total. The summed E-state index contributed by atoms with van der Waals surface area (Å²) in [6, 6.07) is 32.1. The zero-order chi connectivity index (χ0) is 43.6. The Bertz CT molecular complexity index is 2430. The van der Waals surface area contributed by atoms with Gasteiger partial charge < -0.3 is 9.16 Å². The molecular weight excluding hydrogens is 843 g/mol. The molecule has 1 heterocycles. The topological polar surface area (TPSA) is 66.2 Å². The summed E-state index contributed by atoms with van der Waals surface area (Å²) in [4.78, 5) is 14.1. The number of thioether (sulfide) groups is 1. The van der Waals surface area contributed by atoms with Crippen molar-refractivity contribution in [2.45, 2.75) is 83.6 Å².